The van der Waals surface area contributed by atoms with Gasteiger partial charge < -0.3 is 8.83 Å². The molecule has 3 heteroatoms. The zero-order valence-corrected chi connectivity index (χ0v) is 7.50. The molecule has 0 unspecified atom stereocenters. The van der Waals surface area contributed by atoms with Gasteiger partial charge in [-0.1, -0.05) is 0 Å². The topological polar surface area (TPSA) is 26.3 Å². The van der Waals surface area contributed by atoms with Crippen molar-refractivity contribution in [3.63, 3.8) is 0 Å². The highest BCUT2D eigenvalue weighted by molar-refractivity contribution is 5.93. The highest BCUT2D eigenvalue weighted by Gasteiger charge is 2.07. The largest absolute Gasteiger partial charge is 0.461 e. The lowest BCUT2D eigenvalue weighted by Crippen LogP contribution is -1.63. The molecule has 1 aromatic carbocycles. The van der Waals surface area contributed by atoms with Crippen LogP contribution >= 0.6 is 0 Å². The Bertz CT molecular complexity index is 516. The van der Waals surface area contributed by atoms with Crippen LogP contribution in [0, 0.1) is 12.9 Å². The van der Waals surface area contributed by atoms with Gasteiger partial charge in [0.05, 0.1) is 0 Å². The second-order valence-electron chi connectivity index (χ2n) is 3.34. The summed E-state index contributed by atoms with van der Waals surface area (Å²) in [5.74, 6) is 0.841. The first-order valence-electron chi connectivity index (χ1n) is 4.31. The maximum absolute atomic E-state index is 12.8. The molecule has 0 spiro atoms. The molecule has 2 aromatic heterocycles. The minimum Gasteiger partial charge on any atom is -0.461 e. The van der Waals surface area contributed by atoms with Gasteiger partial charge in [-0.25, -0.2) is 0 Å². The summed E-state index contributed by atoms with van der Waals surface area (Å²) in [4.78, 5) is 0. The summed E-state index contributed by atoms with van der Waals surface area (Å²) in [6.07, 6.45) is 0. The number of hydrogen-bond donors (Lipinski definition) is 0. The van der Waals surface area contributed by atoms with E-state index in [4.69, 9.17) is 8.83 Å². The zero-order chi connectivity index (χ0) is 9.71. The quantitative estimate of drug-likeness (QED) is 0.541. The number of hydrogen-bond acceptors (Lipinski definition) is 2. The van der Waals surface area contributed by atoms with Crippen LogP contribution in [0.5, 0.6) is 0 Å². The molecule has 0 saturated heterocycles. The molecule has 0 aliphatic heterocycles. The van der Waals surface area contributed by atoms with Crippen molar-refractivity contribution in [2.75, 3.05) is 0 Å². The molecule has 0 aliphatic rings. The Balaban J connectivity index is 2.49. The van der Waals surface area contributed by atoms with E-state index >= 15 is 0 Å². The molecule has 0 bridgehead atoms. The highest BCUT2D eigenvalue weighted by Crippen LogP contribution is 2.27. The van der Waals surface area contributed by atoms with E-state index in [2.05, 4.69) is 0 Å². The Hall–Kier alpha value is -1.77. The summed E-state index contributed by atoms with van der Waals surface area (Å²) in [7, 11) is 0. The van der Waals surface area contributed by atoms with Gasteiger partial charge in [0.2, 0.25) is 0 Å². The summed E-state index contributed by atoms with van der Waals surface area (Å²) in [6.45, 7) is 1.88. The monoisotopic (exact) mass is 190 g/mol. The van der Waals surface area contributed by atoms with Gasteiger partial charge >= 0.3 is 0 Å². The van der Waals surface area contributed by atoms with E-state index in [9.17, 15) is 4.39 Å². The fourth-order valence-electron chi connectivity index (χ4n) is 1.67. The number of furan rings is 2. The minimum atomic E-state index is -0.565. The van der Waals surface area contributed by atoms with Crippen molar-refractivity contribution in [3.8, 4) is 0 Å². The third-order valence-electron chi connectivity index (χ3n) is 2.25. The van der Waals surface area contributed by atoms with Crippen molar-refractivity contribution < 1.29 is 13.2 Å². The van der Waals surface area contributed by atoms with E-state index in [1.165, 1.54) is 6.07 Å². The number of halogens is 1. The van der Waals surface area contributed by atoms with E-state index < -0.39 is 6.01 Å². The van der Waals surface area contributed by atoms with Crippen LogP contribution in [0.1, 0.15) is 5.76 Å². The second kappa shape index (κ2) is 2.38. The van der Waals surface area contributed by atoms with E-state index in [1.807, 2.05) is 13.0 Å². The Morgan fingerprint density at radius 2 is 1.57 bits per heavy atom. The molecule has 0 atom stereocenters. The van der Waals surface area contributed by atoms with E-state index in [0.29, 0.717) is 5.58 Å². The summed E-state index contributed by atoms with van der Waals surface area (Å²) in [6, 6.07) is 6.25. The van der Waals surface area contributed by atoms with Crippen LogP contribution in [0.3, 0.4) is 0 Å². The first-order chi connectivity index (χ1) is 6.72. The van der Waals surface area contributed by atoms with Crippen molar-refractivity contribution in [1.29, 1.82) is 0 Å². The third-order valence-corrected chi connectivity index (χ3v) is 2.25. The Labute approximate surface area is 78.9 Å². The summed E-state index contributed by atoms with van der Waals surface area (Å²) >= 11 is 0. The summed E-state index contributed by atoms with van der Waals surface area (Å²) in [5.41, 5.74) is 1.31. The average molecular weight is 190 g/mol. The first kappa shape index (κ1) is 7.62. The lowest BCUT2D eigenvalue weighted by atomic mass is 10.2. The van der Waals surface area contributed by atoms with Gasteiger partial charge in [-0.2, -0.15) is 4.39 Å². The lowest BCUT2D eigenvalue weighted by molar-refractivity contribution is 0.381. The molecule has 0 fully saturated rings. The van der Waals surface area contributed by atoms with Crippen molar-refractivity contribution >= 4 is 21.9 Å². The second-order valence-corrected chi connectivity index (χ2v) is 3.34. The van der Waals surface area contributed by atoms with Crippen molar-refractivity contribution in [1.82, 2.24) is 0 Å². The van der Waals surface area contributed by atoms with Gasteiger partial charge in [-0.15, -0.1) is 0 Å². The predicted molar refractivity (Wildman–Crippen MR) is 50.7 cm³/mol. The van der Waals surface area contributed by atoms with Crippen LogP contribution in [-0.2, 0) is 0 Å². The molecule has 0 saturated carbocycles. The van der Waals surface area contributed by atoms with E-state index in [1.54, 1.807) is 12.1 Å². The maximum atomic E-state index is 12.8. The maximum Gasteiger partial charge on any atom is 0.278 e. The molecular formula is C11H7FO2. The summed E-state index contributed by atoms with van der Waals surface area (Å²) in [5, 5.41) is 1.66. The normalized spacial score (nSPS) is 11.6. The molecular weight excluding hydrogens is 183 g/mol. The highest BCUT2D eigenvalue weighted by atomic mass is 19.1. The average Bonchev–Trinajstić information content (AvgIpc) is 2.59. The molecule has 3 rings (SSSR count). The smallest absolute Gasteiger partial charge is 0.278 e. The fourth-order valence-corrected chi connectivity index (χ4v) is 1.67. The van der Waals surface area contributed by atoms with Crippen LogP contribution < -0.4 is 0 Å². The molecule has 2 nitrogen and oxygen atoms in total. The number of aryl methyl sites for hydroxylation is 1. The lowest BCUT2D eigenvalue weighted by Gasteiger charge is -1.87. The van der Waals surface area contributed by atoms with Crippen LogP contribution in [0.4, 0.5) is 4.39 Å². The molecule has 14 heavy (non-hydrogen) atoms. The van der Waals surface area contributed by atoms with Gasteiger partial charge in [0.15, 0.2) is 0 Å². The molecule has 0 radical (unpaired) electrons. The third kappa shape index (κ3) is 0.954. The molecule has 3 aromatic rings. The Morgan fingerprint density at radius 1 is 0.929 bits per heavy atom. The summed E-state index contributed by atoms with van der Waals surface area (Å²) < 4.78 is 23.1. The van der Waals surface area contributed by atoms with Gasteiger partial charge in [0, 0.05) is 16.8 Å². The van der Waals surface area contributed by atoms with Crippen LogP contribution in [0.2, 0.25) is 0 Å². The predicted octanol–water partition coefficient (Wildman–Crippen LogP) is 3.63. The fraction of sp³-hybridized carbons (Fsp3) is 0.0909. The van der Waals surface area contributed by atoms with Crippen molar-refractivity contribution in [3.05, 3.63) is 36.0 Å². The Kier molecular flexibility index (Phi) is 1.29. The van der Waals surface area contributed by atoms with Gasteiger partial charge in [-0.3, -0.25) is 0 Å². The minimum absolute atomic E-state index is 0.552. The van der Waals surface area contributed by atoms with Crippen molar-refractivity contribution in [2.24, 2.45) is 0 Å². The van der Waals surface area contributed by atoms with Crippen molar-refractivity contribution in [2.45, 2.75) is 6.92 Å². The SMILES string of the molecule is Cc1cc2cc3oc(F)cc3cc2o1. The molecule has 2 heterocycles. The van der Waals surface area contributed by atoms with Crippen LogP contribution in [-0.4, -0.2) is 0 Å². The van der Waals surface area contributed by atoms with Crippen LogP contribution in [0.15, 0.2) is 33.1 Å². The van der Waals surface area contributed by atoms with E-state index in [-0.39, 0.29) is 0 Å². The number of rotatable bonds is 0. The van der Waals surface area contributed by atoms with Gasteiger partial charge in [-0.05, 0) is 25.1 Å². The molecule has 0 amide bonds. The molecule has 0 aliphatic carbocycles. The molecule has 70 valence electrons. The number of benzene rings is 1. The van der Waals surface area contributed by atoms with E-state index in [0.717, 1.165) is 22.1 Å². The zero-order valence-electron chi connectivity index (χ0n) is 7.50. The number of fused-ring (bicyclic) bond motifs is 2. The van der Waals surface area contributed by atoms with Gasteiger partial charge in [0.25, 0.3) is 6.01 Å². The first-order valence-corrected chi connectivity index (χ1v) is 4.31. The van der Waals surface area contributed by atoms with Gasteiger partial charge in [0.1, 0.15) is 16.9 Å². The molecule has 0 N–H and O–H groups in total. The van der Waals surface area contributed by atoms with Crippen LogP contribution in [0.25, 0.3) is 21.9 Å². The standard InChI is InChI=1S/C11H7FO2/c1-6-2-7-3-10-8(4-9(7)13-6)5-11(12)14-10/h2-5H,1H3. The Morgan fingerprint density at radius 3 is 2.36 bits per heavy atom.